The minimum atomic E-state index is -0.524. The summed E-state index contributed by atoms with van der Waals surface area (Å²) in [5.41, 5.74) is 2.80. The quantitative estimate of drug-likeness (QED) is 0.204. The molecule has 0 aliphatic rings. The molecule has 0 saturated heterocycles. The summed E-state index contributed by atoms with van der Waals surface area (Å²) in [5.74, 6) is 0. The molecular formula is C40H26. The van der Waals surface area contributed by atoms with Crippen LogP contribution in [0.2, 0.25) is 0 Å². The van der Waals surface area contributed by atoms with Crippen molar-refractivity contribution in [1.29, 1.82) is 0 Å². The summed E-state index contributed by atoms with van der Waals surface area (Å²) in [6.07, 6.45) is 0. The predicted octanol–water partition coefficient (Wildman–Crippen LogP) is 11.3. The number of hydrogen-bond acceptors (Lipinski definition) is 0. The molecule has 0 nitrogen and oxygen atoms in total. The third-order valence-corrected chi connectivity index (χ3v) is 7.39. The van der Waals surface area contributed by atoms with Crippen molar-refractivity contribution in [1.82, 2.24) is 0 Å². The molecule has 0 heterocycles. The van der Waals surface area contributed by atoms with E-state index >= 15 is 0 Å². The highest BCUT2D eigenvalue weighted by molar-refractivity contribution is 6.24. The lowest BCUT2D eigenvalue weighted by atomic mass is 9.84. The summed E-state index contributed by atoms with van der Waals surface area (Å²) in [6, 6.07) is 21.4. The maximum Gasteiger partial charge on any atom is 0.0636 e. The van der Waals surface area contributed by atoms with Crippen molar-refractivity contribution in [3.63, 3.8) is 0 Å². The second-order valence-electron chi connectivity index (χ2n) is 9.55. The minimum Gasteiger partial charge on any atom is -0.0622 e. The number of hydrogen-bond donors (Lipinski definition) is 0. The molecule has 8 aromatic carbocycles. The highest BCUT2D eigenvalue weighted by Gasteiger charge is 2.18. The summed E-state index contributed by atoms with van der Waals surface area (Å²) in [6.45, 7) is 0. The van der Waals surface area contributed by atoms with Gasteiger partial charge in [-0.15, -0.1) is 0 Å². The van der Waals surface area contributed by atoms with E-state index in [0.717, 1.165) is 27.3 Å². The van der Waals surface area contributed by atoms with E-state index in [0.29, 0.717) is 27.3 Å². The van der Waals surface area contributed by atoms with E-state index in [1.807, 2.05) is 72.8 Å². The van der Waals surface area contributed by atoms with Crippen molar-refractivity contribution in [3.05, 3.63) is 157 Å². The molecule has 0 fully saturated rings. The summed E-state index contributed by atoms with van der Waals surface area (Å²) < 4.78 is 103. The summed E-state index contributed by atoms with van der Waals surface area (Å²) in [7, 11) is 0. The van der Waals surface area contributed by atoms with Crippen LogP contribution in [-0.4, -0.2) is 0 Å². The highest BCUT2D eigenvalue weighted by atomic mass is 14.2. The Labute approximate surface area is 250 Å². The highest BCUT2D eigenvalue weighted by Crippen LogP contribution is 2.46. The van der Waals surface area contributed by atoms with Gasteiger partial charge >= 0.3 is 0 Å². The van der Waals surface area contributed by atoms with Gasteiger partial charge in [-0.3, -0.25) is 0 Å². The first-order valence-corrected chi connectivity index (χ1v) is 12.9. The zero-order valence-corrected chi connectivity index (χ0v) is 21.1. The normalized spacial score (nSPS) is 15.7. The molecule has 8 rings (SSSR count). The Morgan fingerprint density at radius 1 is 0.350 bits per heavy atom. The Morgan fingerprint density at radius 3 is 1.55 bits per heavy atom. The lowest BCUT2D eigenvalue weighted by molar-refractivity contribution is 1.65. The van der Waals surface area contributed by atoms with Gasteiger partial charge in [0.05, 0.1) is 16.4 Å². The maximum absolute atomic E-state index is 9.19. The van der Waals surface area contributed by atoms with Gasteiger partial charge in [-0.1, -0.05) is 151 Å². The van der Waals surface area contributed by atoms with Crippen molar-refractivity contribution in [3.8, 4) is 33.4 Å². The van der Waals surface area contributed by atoms with Crippen LogP contribution in [0.1, 0.15) is 16.4 Å². The largest absolute Gasteiger partial charge is 0.0636 e. The van der Waals surface area contributed by atoms with Crippen LogP contribution in [0.3, 0.4) is 0 Å². The maximum atomic E-state index is 9.19. The molecule has 40 heavy (non-hydrogen) atoms. The fourth-order valence-electron chi connectivity index (χ4n) is 5.72. The van der Waals surface area contributed by atoms with Gasteiger partial charge in [0.2, 0.25) is 0 Å². The first kappa shape index (κ1) is 13.7. The van der Waals surface area contributed by atoms with Crippen molar-refractivity contribution >= 4 is 43.1 Å². The van der Waals surface area contributed by atoms with E-state index in [9.17, 15) is 1.37 Å². The SMILES string of the molecule is [2H]c1c([2H])c([2H])c(-c2c3ccccc3c(-c3cccc4c(-c5c([2H])c([2H])c6c([2H])c([2H])c([2H])c([2H])c6c5[2H])cccc34)c3ccccc23)c([2H])c1[2H]. The zero-order chi connectivity index (χ0) is 36.9. The van der Waals surface area contributed by atoms with Crippen molar-refractivity contribution in [2.24, 2.45) is 0 Å². The topological polar surface area (TPSA) is 0 Å². The van der Waals surface area contributed by atoms with Gasteiger partial charge in [0, 0.05) is 0 Å². The Balaban J connectivity index is 1.49. The van der Waals surface area contributed by atoms with Gasteiger partial charge in [0.25, 0.3) is 0 Å². The second kappa shape index (κ2) is 9.22. The molecule has 0 aliphatic carbocycles. The summed E-state index contributed by atoms with van der Waals surface area (Å²) in [5, 5.41) is 4.06. The molecule has 0 atom stereocenters. The molecule has 0 spiro atoms. The van der Waals surface area contributed by atoms with Crippen LogP contribution in [0.4, 0.5) is 0 Å². The van der Waals surface area contributed by atoms with Gasteiger partial charge in [-0.25, -0.2) is 0 Å². The Bertz CT molecular complexity index is 2790. The second-order valence-corrected chi connectivity index (χ2v) is 9.55. The fourth-order valence-corrected chi connectivity index (χ4v) is 5.72. The molecule has 186 valence electrons. The number of benzene rings is 8. The average Bonchev–Trinajstić information content (AvgIpc) is 3.15. The molecule has 0 radical (unpaired) electrons. The smallest absolute Gasteiger partial charge is 0.0622 e. The first-order chi connectivity index (χ1) is 24.9. The number of rotatable bonds is 3. The molecule has 0 heteroatoms. The van der Waals surface area contributed by atoms with Gasteiger partial charge in [-0.05, 0) is 82.5 Å². The fraction of sp³-hybridized carbons (Fsp3) is 0. The van der Waals surface area contributed by atoms with Crippen LogP contribution in [0.15, 0.2) is 157 Å². The van der Waals surface area contributed by atoms with Crippen LogP contribution in [-0.2, 0) is 0 Å². The van der Waals surface area contributed by atoms with E-state index in [4.69, 9.17) is 15.1 Å². The molecule has 0 N–H and O–H groups in total. The third-order valence-electron chi connectivity index (χ3n) is 7.39. The predicted molar refractivity (Wildman–Crippen MR) is 173 cm³/mol. The van der Waals surface area contributed by atoms with Gasteiger partial charge < -0.3 is 0 Å². The van der Waals surface area contributed by atoms with Crippen molar-refractivity contribution < 1.29 is 16.4 Å². The molecule has 0 unspecified atom stereocenters. The van der Waals surface area contributed by atoms with Crippen molar-refractivity contribution in [2.45, 2.75) is 0 Å². The molecule has 0 amide bonds. The van der Waals surface area contributed by atoms with Crippen molar-refractivity contribution in [2.75, 3.05) is 0 Å². The zero-order valence-electron chi connectivity index (χ0n) is 33.1. The lowest BCUT2D eigenvalue weighted by Crippen LogP contribution is -1.92. The van der Waals surface area contributed by atoms with E-state index in [-0.39, 0.29) is 52.1 Å². The van der Waals surface area contributed by atoms with E-state index in [1.54, 1.807) is 12.1 Å². The summed E-state index contributed by atoms with van der Waals surface area (Å²) >= 11 is 0. The van der Waals surface area contributed by atoms with Crippen LogP contribution >= 0.6 is 0 Å². The van der Waals surface area contributed by atoms with E-state index in [2.05, 4.69) is 0 Å². The molecular weight excluding hydrogens is 480 g/mol. The van der Waals surface area contributed by atoms with Crippen LogP contribution in [0, 0.1) is 0 Å². The van der Waals surface area contributed by atoms with Crippen LogP contribution in [0.5, 0.6) is 0 Å². The van der Waals surface area contributed by atoms with Gasteiger partial charge in [-0.2, -0.15) is 0 Å². The Hall–Kier alpha value is -5.20. The summed E-state index contributed by atoms with van der Waals surface area (Å²) in [4.78, 5) is 0. The third kappa shape index (κ3) is 3.54. The van der Waals surface area contributed by atoms with E-state index in [1.165, 1.54) is 0 Å². The number of fused-ring (bicyclic) bond motifs is 4. The first-order valence-electron chi connectivity index (χ1n) is 18.9. The standard InChI is InChI=1S/C40H26/c1-2-13-28(14-3-1)39-35-16-6-8-18-37(35)40(38-19-9-7-17-36(38)39)34-23-11-21-32-31(20-10-22-33(32)34)30-25-24-27-12-4-5-15-29(27)26-30/h1-26H/i1D,2D,3D,4D,5D,12D,13D,14D,15D,24D,25D,26D. The van der Waals surface area contributed by atoms with Gasteiger partial charge in [0.15, 0.2) is 0 Å². The lowest BCUT2D eigenvalue weighted by Gasteiger charge is -2.19. The van der Waals surface area contributed by atoms with E-state index < -0.39 is 42.3 Å². The monoisotopic (exact) mass is 518 g/mol. The molecule has 8 aromatic rings. The minimum absolute atomic E-state index is 0.0801. The Kier molecular flexibility index (Phi) is 3.17. The van der Waals surface area contributed by atoms with Gasteiger partial charge in [0.1, 0.15) is 0 Å². The van der Waals surface area contributed by atoms with Crippen LogP contribution in [0.25, 0.3) is 76.5 Å². The molecule has 0 aromatic heterocycles. The average molecular weight is 519 g/mol. The molecule has 0 saturated carbocycles. The molecule has 0 aliphatic heterocycles. The molecule has 0 bridgehead atoms. The van der Waals surface area contributed by atoms with Crippen LogP contribution < -0.4 is 0 Å². The Morgan fingerprint density at radius 2 is 0.875 bits per heavy atom.